The highest BCUT2D eigenvalue weighted by Crippen LogP contribution is 2.12. The first-order chi connectivity index (χ1) is 11.5. The first-order valence-corrected chi connectivity index (χ1v) is 7.79. The minimum Gasteiger partial charge on any atom is -0.497 e. The molecule has 5 heteroatoms. The average Bonchev–Trinajstić information content (AvgIpc) is 2.60. The number of rotatable bonds is 6. The van der Waals surface area contributed by atoms with Gasteiger partial charge in [-0.05, 0) is 55.3 Å². The summed E-state index contributed by atoms with van der Waals surface area (Å²) in [5.41, 5.74) is 3.37. The van der Waals surface area contributed by atoms with Gasteiger partial charge in [-0.1, -0.05) is 12.1 Å². The first kappa shape index (κ1) is 17.5. The van der Waals surface area contributed by atoms with Crippen molar-refractivity contribution >= 4 is 11.8 Å². The number of aryl methyl sites for hydroxylation is 2. The van der Waals surface area contributed by atoms with Gasteiger partial charge in [0.25, 0.3) is 11.8 Å². The number of benzene rings is 2. The van der Waals surface area contributed by atoms with Gasteiger partial charge in [0.2, 0.25) is 0 Å². The normalized spacial score (nSPS) is 10.1. The predicted octanol–water partition coefficient (Wildman–Crippen LogP) is 2.47. The lowest BCUT2D eigenvalue weighted by Gasteiger charge is -2.09. The molecule has 0 aliphatic carbocycles. The third-order valence-electron chi connectivity index (χ3n) is 3.80. The van der Waals surface area contributed by atoms with Crippen LogP contribution in [0.2, 0.25) is 0 Å². The van der Waals surface area contributed by atoms with E-state index in [2.05, 4.69) is 10.6 Å². The lowest BCUT2D eigenvalue weighted by atomic mass is 10.1. The zero-order valence-corrected chi connectivity index (χ0v) is 14.2. The summed E-state index contributed by atoms with van der Waals surface area (Å²) in [6.07, 6.45) is 0. The highest BCUT2D eigenvalue weighted by Gasteiger charge is 2.08. The minimum absolute atomic E-state index is 0.145. The van der Waals surface area contributed by atoms with Crippen molar-refractivity contribution in [3.8, 4) is 5.75 Å². The van der Waals surface area contributed by atoms with E-state index in [1.54, 1.807) is 37.4 Å². The van der Waals surface area contributed by atoms with Gasteiger partial charge < -0.3 is 15.4 Å². The molecular weight excluding hydrogens is 304 g/mol. The fourth-order valence-electron chi connectivity index (χ4n) is 2.20. The van der Waals surface area contributed by atoms with Gasteiger partial charge in [-0.15, -0.1) is 0 Å². The van der Waals surface area contributed by atoms with Crippen molar-refractivity contribution in [1.29, 1.82) is 0 Å². The number of ether oxygens (including phenoxy) is 1. The molecule has 0 fully saturated rings. The van der Waals surface area contributed by atoms with Crippen LogP contribution in [-0.2, 0) is 0 Å². The molecule has 0 aliphatic rings. The van der Waals surface area contributed by atoms with Gasteiger partial charge in [0, 0.05) is 24.2 Å². The zero-order valence-electron chi connectivity index (χ0n) is 14.2. The number of carbonyl (C=O) groups is 2. The Kier molecular flexibility index (Phi) is 5.95. The second-order valence-electron chi connectivity index (χ2n) is 5.54. The molecule has 0 saturated heterocycles. The molecule has 5 nitrogen and oxygen atoms in total. The molecule has 0 spiro atoms. The molecule has 2 rings (SSSR count). The van der Waals surface area contributed by atoms with Gasteiger partial charge in [-0.25, -0.2) is 0 Å². The Labute approximate surface area is 142 Å². The second kappa shape index (κ2) is 8.15. The van der Waals surface area contributed by atoms with Crippen LogP contribution in [-0.4, -0.2) is 32.0 Å². The van der Waals surface area contributed by atoms with Crippen molar-refractivity contribution in [3.05, 3.63) is 64.7 Å². The van der Waals surface area contributed by atoms with Gasteiger partial charge in [0.05, 0.1) is 7.11 Å². The summed E-state index contributed by atoms with van der Waals surface area (Å²) >= 11 is 0. The number of hydrogen-bond donors (Lipinski definition) is 2. The van der Waals surface area contributed by atoms with Crippen molar-refractivity contribution in [2.45, 2.75) is 13.8 Å². The van der Waals surface area contributed by atoms with Crippen LogP contribution in [0.5, 0.6) is 5.75 Å². The number of hydrogen-bond acceptors (Lipinski definition) is 3. The molecule has 126 valence electrons. The highest BCUT2D eigenvalue weighted by molar-refractivity contribution is 5.95. The van der Waals surface area contributed by atoms with Crippen LogP contribution in [0.25, 0.3) is 0 Å². The molecule has 2 aromatic carbocycles. The van der Waals surface area contributed by atoms with Crippen molar-refractivity contribution in [3.63, 3.8) is 0 Å². The molecule has 0 aliphatic heterocycles. The van der Waals surface area contributed by atoms with Gasteiger partial charge >= 0.3 is 0 Å². The molecule has 2 amide bonds. The van der Waals surface area contributed by atoms with Gasteiger partial charge in [-0.3, -0.25) is 9.59 Å². The maximum absolute atomic E-state index is 12.1. The average molecular weight is 326 g/mol. The Morgan fingerprint density at radius 3 is 2.08 bits per heavy atom. The molecule has 0 heterocycles. The largest absolute Gasteiger partial charge is 0.497 e. The molecule has 0 atom stereocenters. The number of carbonyl (C=O) groups excluding carboxylic acids is 2. The number of nitrogens with one attached hydrogen (secondary N) is 2. The fraction of sp³-hybridized carbons (Fsp3) is 0.263. The van der Waals surface area contributed by atoms with E-state index in [9.17, 15) is 9.59 Å². The van der Waals surface area contributed by atoms with Crippen LogP contribution in [0.3, 0.4) is 0 Å². The molecule has 0 unspecified atom stereocenters. The summed E-state index contributed by atoms with van der Waals surface area (Å²) in [5, 5.41) is 5.57. The number of methoxy groups -OCH3 is 1. The minimum atomic E-state index is -0.200. The lowest BCUT2D eigenvalue weighted by molar-refractivity contribution is 0.0927. The number of amides is 2. The van der Waals surface area contributed by atoms with Crippen molar-refractivity contribution < 1.29 is 14.3 Å². The van der Waals surface area contributed by atoms with Crippen LogP contribution < -0.4 is 15.4 Å². The van der Waals surface area contributed by atoms with Crippen molar-refractivity contribution in [2.75, 3.05) is 20.2 Å². The monoisotopic (exact) mass is 326 g/mol. The van der Waals surface area contributed by atoms with E-state index in [4.69, 9.17) is 4.74 Å². The SMILES string of the molecule is COc1cccc(C(=O)NCCNC(=O)c2ccc(C)c(C)c2)c1. The fourth-order valence-corrected chi connectivity index (χ4v) is 2.20. The van der Waals surface area contributed by atoms with Crippen molar-refractivity contribution in [1.82, 2.24) is 10.6 Å². The molecule has 2 N–H and O–H groups in total. The Morgan fingerprint density at radius 1 is 0.875 bits per heavy atom. The Hall–Kier alpha value is -2.82. The zero-order chi connectivity index (χ0) is 17.5. The quantitative estimate of drug-likeness (QED) is 0.801. The molecule has 2 aromatic rings. The topological polar surface area (TPSA) is 67.4 Å². The third-order valence-corrected chi connectivity index (χ3v) is 3.80. The maximum Gasteiger partial charge on any atom is 0.251 e. The Morgan fingerprint density at radius 2 is 1.50 bits per heavy atom. The molecule has 0 saturated carbocycles. The van der Waals surface area contributed by atoms with E-state index in [0.717, 1.165) is 11.1 Å². The maximum atomic E-state index is 12.1. The van der Waals surface area contributed by atoms with Gasteiger partial charge in [-0.2, -0.15) is 0 Å². The van der Waals surface area contributed by atoms with Crippen LogP contribution in [0, 0.1) is 13.8 Å². The van der Waals surface area contributed by atoms with Crippen LogP contribution in [0.4, 0.5) is 0 Å². The molecular formula is C19H22N2O3. The predicted molar refractivity (Wildman–Crippen MR) is 93.6 cm³/mol. The standard InChI is InChI=1S/C19H22N2O3/c1-13-7-8-16(11-14(13)2)19(23)21-10-9-20-18(22)15-5-4-6-17(12-15)24-3/h4-8,11-12H,9-10H2,1-3H3,(H,20,22)(H,21,23). The molecule has 24 heavy (non-hydrogen) atoms. The van der Waals surface area contributed by atoms with E-state index >= 15 is 0 Å². The summed E-state index contributed by atoms with van der Waals surface area (Å²) in [7, 11) is 1.55. The molecule has 0 aromatic heterocycles. The van der Waals surface area contributed by atoms with E-state index < -0.39 is 0 Å². The van der Waals surface area contributed by atoms with Crippen molar-refractivity contribution in [2.24, 2.45) is 0 Å². The second-order valence-corrected chi connectivity index (χ2v) is 5.54. The van der Waals surface area contributed by atoms with Crippen LogP contribution in [0.15, 0.2) is 42.5 Å². The third kappa shape index (κ3) is 4.59. The van der Waals surface area contributed by atoms with E-state index in [1.807, 2.05) is 26.0 Å². The molecule has 0 bridgehead atoms. The molecule has 0 radical (unpaired) electrons. The lowest BCUT2D eigenvalue weighted by Crippen LogP contribution is -2.34. The summed E-state index contributed by atoms with van der Waals surface area (Å²) in [6.45, 7) is 4.69. The summed E-state index contributed by atoms with van der Waals surface area (Å²) < 4.78 is 5.09. The summed E-state index contributed by atoms with van der Waals surface area (Å²) in [4.78, 5) is 24.1. The van der Waals surface area contributed by atoms with E-state index in [-0.39, 0.29) is 11.8 Å². The van der Waals surface area contributed by atoms with Gasteiger partial charge in [0.15, 0.2) is 0 Å². The summed E-state index contributed by atoms with van der Waals surface area (Å²) in [6, 6.07) is 12.5. The smallest absolute Gasteiger partial charge is 0.251 e. The van der Waals surface area contributed by atoms with E-state index in [0.29, 0.717) is 30.0 Å². The Bertz CT molecular complexity index is 741. The summed E-state index contributed by atoms with van der Waals surface area (Å²) in [5.74, 6) is 0.286. The van der Waals surface area contributed by atoms with E-state index in [1.165, 1.54) is 0 Å². The van der Waals surface area contributed by atoms with Crippen LogP contribution in [0.1, 0.15) is 31.8 Å². The van der Waals surface area contributed by atoms with Gasteiger partial charge in [0.1, 0.15) is 5.75 Å². The Balaban J connectivity index is 1.80. The first-order valence-electron chi connectivity index (χ1n) is 7.79. The highest BCUT2D eigenvalue weighted by atomic mass is 16.5. The van der Waals surface area contributed by atoms with Crippen LogP contribution >= 0.6 is 0 Å².